The molecule has 0 aromatic heterocycles. The van der Waals surface area contributed by atoms with Crippen LogP contribution in [-0.4, -0.2) is 54.5 Å². The number of hydrogen-bond donors (Lipinski definition) is 0. The number of fused-ring (bicyclic) bond motifs is 2. The van der Waals surface area contributed by atoms with Crippen molar-refractivity contribution in [1.29, 1.82) is 0 Å². The number of piperidine rings is 3. The van der Waals surface area contributed by atoms with Gasteiger partial charge < -0.3 is 9.64 Å². The maximum Gasteiger partial charge on any atom is 0.254 e. The Balaban J connectivity index is 1.51. The van der Waals surface area contributed by atoms with Crippen LogP contribution in [-0.2, 0) is 6.42 Å². The predicted molar refractivity (Wildman–Crippen MR) is 114 cm³/mol. The molecule has 0 saturated carbocycles. The molecule has 4 aliphatic heterocycles. The molecule has 1 amide bonds. The molecule has 0 aliphatic carbocycles. The van der Waals surface area contributed by atoms with Crippen molar-refractivity contribution < 1.29 is 9.53 Å². The number of carbonyl (C=O) groups is 1. The van der Waals surface area contributed by atoms with Crippen LogP contribution in [0.3, 0.4) is 0 Å². The van der Waals surface area contributed by atoms with Gasteiger partial charge >= 0.3 is 0 Å². The second kappa shape index (κ2) is 7.49. The zero-order valence-corrected chi connectivity index (χ0v) is 17.4. The minimum absolute atomic E-state index is 0.224. The van der Waals surface area contributed by atoms with Crippen LogP contribution in [0.5, 0.6) is 5.75 Å². The van der Waals surface area contributed by atoms with E-state index < -0.39 is 0 Å². The number of carbonyl (C=O) groups excluding carboxylic acids is 1. The molecule has 2 aromatic carbocycles. The summed E-state index contributed by atoms with van der Waals surface area (Å²) in [5.41, 5.74) is 3.37. The predicted octanol–water partition coefficient (Wildman–Crippen LogP) is 3.96. The van der Waals surface area contributed by atoms with Crippen LogP contribution in [0, 0.1) is 5.92 Å². The van der Waals surface area contributed by atoms with E-state index in [-0.39, 0.29) is 5.91 Å². The van der Waals surface area contributed by atoms with E-state index in [9.17, 15) is 4.79 Å². The van der Waals surface area contributed by atoms with Gasteiger partial charge in [0.05, 0.1) is 13.2 Å². The van der Waals surface area contributed by atoms with E-state index in [0.717, 1.165) is 29.8 Å². The summed E-state index contributed by atoms with van der Waals surface area (Å²) in [5.74, 6) is 2.11. The number of hydrogen-bond acceptors (Lipinski definition) is 3. The lowest BCUT2D eigenvalue weighted by Gasteiger charge is -2.51. The molecular weight excluding hydrogens is 360 g/mol. The van der Waals surface area contributed by atoms with Crippen LogP contribution in [0.15, 0.2) is 48.5 Å². The third-order valence-corrected chi connectivity index (χ3v) is 7.43. The fraction of sp³-hybridized carbons (Fsp3) is 0.480. The molecule has 2 aromatic rings. The zero-order chi connectivity index (χ0) is 20.0. The van der Waals surface area contributed by atoms with Crippen LogP contribution in [0.1, 0.15) is 47.2 Å². The van der Waals surface area contributed by atoms with Crippen LogP contribution >= 0.6 is 0 Å². The molecule has 0 radical (unpaired) electrons. The van der Waals surface area contributed by atoms with Crippen LogP contribution in [0.4, 0.5) is 0 Å². The highest BCUT2D eigenvalue weighted by Gasteiger charge is 2.54. The molecule has 0 N–H and O–H groups in total. The Bertz CT molecular complexity index is 886. The van der Waals surface area contributed by atoms with Crippen molar-refractivity contribution in [2.24, 2.45) is 5.92 Å². The van der Waals surface area contributed by atoms with Crippen molar-refractivity contribution in [3.05, 3.63) is 65.2 Å². The van der Waals surface area contributed by atoms with Crippen molar-refractivity contribution in [3.8, 4) is 5.75 Å². The Hall–Kier alpha value is -2.33. The van der Waals surface area contributed by atoms with Gasteiger partial charge in [0.15, 0.2) is 0 Å². The molecule has 4 saturated heterocycles. The van der Waals surface area contributed by atoms with Gasteiger partial charge in [-0.2, -0.15) is 0 Å². The second-order valence-electron chi connectivity index (χ2n) is 8.70. The Kier molecular flexibility index (Phi) is 4.83. The van der Waals surface area contributed by atoms with E-state index in [1.165, 1.54) is 31.5 Å². The van der Waals surface area contributed by atoms with Crippen molar-refractivity contribution in [2.45, 2.75) is 44.2 Å². The Labute approximate surface area is 173 Å². The first-order valence-corrected chi connectivity index (χ1v) is 11.0. The van der Waals surface area contributed by atoms with Gasteiger partial charge in [-0.05, 0) is 67.6 Å². The second-order valence-corrected chi connectivity index (χ2v) is 8.70. The van der Waals surface area contributed by atoms with Crippen molar-refractivity contribution in [2.75, 3.05) is 26.7 Å². The summed E-state index contributed by atoms with van der Waals surface area (Å²) in [6.45, 7) is 5.29. The monoisotopic (exact) mass is 390 g/mol. The summed E-state index contributed by atoms with van der Waals surface area (Å²) < 4.78 is 5.36. The maximum absolute atomic E-state index is 13.7. The lowest BCUT2D eigenvalue weighted by Crippen LogP contribution is -2.60. The van der Waals surface area contributed by atoms with Gasteiger partial charge in [0, 0.05) is 24.1 Å². The molecule has 6 rings (SSSR count). The highest BCUT2D eigenvalue weighted by molar-refractivity contribution is 5.96. The van der Waals surface area contributed by atoms with Gasteiger partial charge in [0.2, 0.25) is 0 Å². The van der Waals surface area contributed by atoms with Gasteiger partial charge in [-0.15, -0.1) is 0 Å². The molecule has 2 bridgehead atoms. The minimum atomic E-state index is 0.224. The Morgan fingerprint density at radius 3 is 2.45 bits per heavy atom. The number of amides is 1. The first-order valence-electron chi connectivity index (χ1n) is 11.0. The van der Waals surface area contributed by atoms with Crippen molar-refractivity contribution in [3.63, 3.8) is 0 Å². The summed E-state index contributed by atoms with van der Waals surface area (Å²) in [6, 6.07) is 17.4. The van der Waals surface area contributed by atoms with Crippen LogP contribution in [0.2, 0.25) is 0 Å². The van der Waals surface area contributed by atoms with Gasteiger partial charge in [-0.3, -0.25) is 9.69 Å². The molecule has 4 heterocycles. The molecule has 4 nitrogen and oxygen atoms in total. The zero-order valence-electron chi connectivity index (χ0n) is 17.4. The molecule has 0 spiro atoms. The molecule has 3 atom stereocenters. The summed E-state index contributed by atoms with van der Waals surface area (Å²) in [4.78, 5) is 18.6. The SMILES string of the molecule is CCc1ccccc1C(=O)N1C[C@H](c2ccc(OC)cc2)[C@H]2[C@@H]1C1CCN2CC1. The highest BCUT2D eigenvalue weighted by Crippen LogP contribution is 2.47. The third-order valence-electron chi connectivity index (χ3n) is 7.43. The highest BCUT2D eigenvalue weighted by atomic mass is 16.5. The fourth-order valence-electron chi connectivity index (χ4n) is 5.99. The van der Waals surface area contributed by atoms with E-state index in [1.54, 1.807) is 7.11 Å². The lowest BCUT2D eigenvalue weighted by atomic mass is 9.75. The summed E-state index contributed by atoms with van der Waals surface area (Å²) >= 11 is 0. The average molecular weight is 391 g/mol. The van der Waals surface area contributed by atoms with E-state index in [1.807, 2.05) is 18.2 Å². The maximum atomic E-state index is 13.7. The molecule has 4 fully saturated rings. The largest absolute Gasteiger partial charge is 0.497 e. The fourth-order valence-corrected chi connectivity index (χ4v) is 5.99. The van der Waals surface area contributed by atoms with Gasteiger partial charge in [0.1, 0.15) is 5.75 Å². The van der Waals surface area contributed by atoms with Gasteiger partial charge in [0.25, 0.3) is 5.91 Å². The lowest BCUT2D eigenvalue weighted by molar-refractivity contribution is -0.00343. The number of nitrogens with zero attached hydrogens (tertiary/aromatic N) is 2. The van der Waals surface area contributed by atoms with E-state index in [4.69, 9.17) is 4.74 Å². The normalized spacial score (nSPS) is 30.3. The molecule has 4 aliphatic rings. The van der Waals surface area contributed by atoms with Crippen LogP contribution in [0.25, 0.3) is 0 Å². The quantitative estimate of drug-likeness (QED) is 0.792. The van der Waals surface area contributed by atoms with Crippen LogP contribution < -0.4 is 4.74 Å². The van der Waals surface area contributed by atoms with Crippen molar-refractivity contribution in [1.82, 2.24) is 9.80 Å². The molecule has 0 unspecified atom stereocenters. The number of rotatable bonds is 4. The van der Waals surface area contributed by atoms with E-state index in [0.29, 0.717) is 23.9 Å². The number of ether oxygens (including phenoxy) is 1. The smallest absolute Gasteiger partial charge is 0.254 e. The summed E-state index contributed by atoms with van der Waals surface area (Å²) in [7, 11) is 1.71. The number of likely N-dealkylation sites (tertiary alicyclic amines) is 1. The first-order chi connectivity index (χ1) is 14.2. The third kappa shape index (κ3) is 3.05. The topological polar surface area (TPSA) is 32.8 Å². The van der Waals surface area contributed by atoms with E-state index >= 15 is 0 Å². The Morgan fingerprint density at radius 2 is 1.76 bits per heavy atom. The standard InChI is InChI=1S/C25H30N2O2/c1-3-17-6-4-5-7-21(17)25(28)27-16-22(18-8-10-20(29-2)11-9-18)24-23(27)19-12-14-26(24)15-13-19/h4-11,19,22-24H,3,12-16H2,1-2H3/t22-,23+,24+/m1/s1. The average Bonchev–Trinajstić information content (AvgIpc) is 3.22. The van der Waals surface area contributed by atoms with Gasteiger partial charge in [-0.25, -0.2) is 0 Å². The minimum Gasteiger partial charge on any atom is -0.497 e. The molecule has 29 heavy (non-hydrogen) atoms. The molecular formula is C25H30N2O2. The Morgan fingerprint density at radius 1 is 1.03 bits per heavy atom. The van der Waals surface area contributed by atoms with Gasteiger partial charge in [-0.1, -0.05) is 37.3 Å². The number of methoxy groups -OCH3 is 1. The summed E-state index contributed by atoms with van der Waals surface area (Å²) in [6.07, 6.45) is 3.33. The number of benzene rings is 2. The molecule has 152 valence electrons. The number of aryl methyl sites for hydroxylation is 1. The molecule has 4 heteroatoms. The van der Waals surface area contributed by atoms with Crippen molar-refractivity contribution >= 4 is 5.91 Å². The van der Waals surface area contributed by atoms with E-state index in [2.05, 4.69) is 47.1 Å². The first kappa shape index (κ1) is 18.7. The summed E-state index contributed by atoms with van der Waals surface area (Å²) in [5, 5.41) is 0.